The molecule has 0 atom stereocenters. The molecule has 0 unspecified atom stereocenters. The largest absolute Gasteiger partial charge is 0.316 e. The molecule has 2 aromatic carbocycles. The second kappa shape index (κ2) is 10.2. The quantitative estimate of drug-likeness (QED) is 0.353. The summed E-state index contributed by atoms with van der Waals surface area (Å²) < 4.78 is 27.8. The van der Waals surface area contributed by atoms with Gasteiger partial charge in [-0.3, -0.25) is 9.10 Å². The average molecular weight is 521 g/mol. The third-order valence-corrected chi connectivity index (χ3v) is 7.29. The number of hydrazone groups is 1. The fourth-order valence-corrected chi connectivity index (χ4v) is 4.95. The molecule has 0 aliphatic carbocycles. The predicted molar refractivity (Wildman–Crippen MR) is 139 cm³/mol. The van der Waals surface area contributed by atoms with Crippen LogP contribution in [0.4, 0.5) is 5.69 Å². The average Bonchev–Trinajstić information content (AvgIpc) is 3.02. The van der Waals surface area contributed by atoms with Gasteiger partial charge in [0.1, 0.15) is 6.54 Å². The van der Waals surface area contributed by atoms with Gasteiger partial charge in [-0.2, -0.15) is 5.10 Å². The first-order valence-corrected chi connectivity index (χ1v) is 13.0. The molecule has 1 aromatic heterocycles. The number of carbonyl (C=O) groups excluding carboxylic acids is 1. The number of nitrogens with one attached hydrogen (secondary N) is 1. The van der Waals surface area contributed by atoms with Crippen molar-refractivity contribution in [2.75, 3.05) is 17.1 Å². The Morgan fingerprint density at radius 2 is 1.82 bits per heavy atom. The van der Waals surface area contributed by atoms with E-state index in [2.05, 4.69) is 10.5 Å². The van der Waals surface area contributed by atoms with Crippen molar-refractivity contribution in [1.82, 2.24) is 9.99 Å². The summed E-state index contributed by atoms with van der Waals surface area (Å²) >= 11 is 12.6. The van der Waals surface area contributed by atoms with E-state index in [1.807, 2.05) is 55.7 Å². The van der Waals surface area contributed by atoms with E-state index in [-0.39, 0.29) is 0 Å². The van der Waals surface area contributed by atoms with Gasteiger partial charge in [-0.1, -0.05) is 41.4 Å². The van der Waals surface area contributed by atoms with Crippen LogP contribution in [-0.2, 0) is 14.8 Å². The van der Waals surface area contributed by atoms with Gasteiger partial charge in [0, 0.05) is 17.0 Å². The standard InChI is InChI=1S/C24H26Cl2N4O3S/c1-15-9-10-16(2)22(11-15)29(34(5,32)33)14-23(31)28-27-13-19-12-17(3)30(18(19)4)21-8-6-7-20(25)24(21)26/h6-13H,14H2,1-5H3,(H,28,31)/b27-13-. The number of aromatic nitrogens is 1. The predicted octanol–water partition coefficient (Wildman–Crippen LogP) is 4.93. The summed E-state index contributed by atoms with van der Waals surface area (Å²) in [7, 11) is -3.68. The molecule has 3 rings (SSSR count). The molecule has 0 saturated heterocycles. The lowest BCUT2D eigenvalue weighted by Gasteiger charge is -2.23. The zero-order valence-corrected chi connectivity index (χ0v) is 21.9. The summed E-state index contributed by atoms with van der Waals surface area (Å²) in [4.78, 5) is 12.6. The minimum absolute atomic E-state index is 0.391. The maximum absolute atomic E-state index is 12.6. The summed E-state index contributed by atoms with van der Waals surface area (Å²) in [6, 6.07) is 12.8. The van der Waals surface area contributed by atoms with Crippen LogP contribution in [0.25, 0.3) is 5.69 Å². The van der Waals surface area contributed by atoms with Crippen LogP contribution >= 0.6 is 23.2 Å². The summed E-state index contributed by atoms with van der Waals surface area (Å²) in [5.41, 5.74) is 7.80. The number of rotatable bonds is 7. The van der Waals surface area contributed by atoms with Gasteiger partial charge >= 0.3 is 0 Å². The number of hydrogen-bond donors (Lipinski definition) is 1. The first-order chi connectivity index (χ1) is 15.9. The van der Waals surface area contributed by atoms with E-state index < -0.39 is 22.5 Å². The van der Waals surface area contributed by atoms with E-state index in [0.717, 1.165) is 44.3 Å². The third kappa shape index (κ3) is 5.63. The molecular weight excluding hydrogens is 495 g/mol. The maximum atomic E-state index is 12.6. The second-order valence-corrected chi connectivity index (χ2v) is 10.8. The van der Waals surface area contributed by atoms with Gasteiger partial charge in [0.25, 0.3) is 5.91 Å². The molecule has 0 fully saturated rings. The molecule has 180 valence electrons. The van der Waals surface area contributed by atoms with E-state index in [1.54, 1.807) is 19.1 Å². The lowest BCUT2D eigenvalue weighted by Crippen LogP contribution is -2.39. The SMILES string of the molecule is Cc1ccc(C)c(N(CC(=O)N/N=C\c2cc(C)n(-c3cccc(Cl)c3Cl)c2C)S(C)(=O)=O)c1. The van der Waals surface area contributed by atoms with Crippen LogP contribution in [0, 0.1) is 27.7 Å². The van der Waals surface area contributed by atoms with Gasteiger partial charge in [0.05, 0.1) is 33.9 Å². The lowest BCUT2D eigenvalue weighted by molar-refractivity contribution is -0.119. The van der Waals surface area contributed by atoms with Gasteiger partial charge in [0.2, 0.25) is 10.0 Å². The Morgan fingerprint density at radius 1 is 1.12 bits per heavy atom. The summed E-state index contributed by atoms with van der Waals surface area (Å²) in [6.45, 7) is 7.09. The minimum atomic E-state index is -3.68. The highest BCUT2D eigenvalue weighted by atomic mass is 35.5. The van der Waals surface area contributed by atoms with Crippen molar-refractivity contribution in [3.63, 3.8) is 0 Å². The molecule has 1 amide bonds. The molecule has 0 aliphatic heterocycles. The number of carbonyl (C=O) groups is 1. The van der Waals surface area contributed by atoms with Gasteiger partial charge in [-0.05, 0) is 63.1 Å². The Balaban J connectivity index is 1.79. The Bertz CT molecular complexity index is 1380. The van der Waals surface area contributed by atoms with Crippen molar-refractivity contribution in [1.29, 1.82) is 0 Å². The van der Waals surface area contributed by atoms with Crippen molar-refractivity contribution in [2.45, 2.75) is 27.7 Å². The number of nitrogens with zero attached hydrogens (tertiary/aromatic N) is 3. The number of halogens is 2. The number of aryl methyl sites for hydroxylation is 3. The van der Waals surface area contributed by atoms with Crippen LogP contribution in [-0.4, -0.2) is 37.9 Å². The second-order valence-electron chi connectivity index (χ2n) is 8.09. The highest BCUT2D eigenvalue weighted by molar-refractivity contribution is 7.92. The Labute approximate surface area is 210 Å². The van der Waals surface area contributed by atoms with Gasteiger partial charge in [0.15, 0.2) is 0 Å². The Morgan fingerprint density at radius 3 is 2.50 bits per heavy atom. The summed E-state index contributed by atoms with van der Waals surface area (Å²) in [5, 5.41) is 4.93. The fraction of sp³-hybridized carbons (Fsp3) is 0.250. The molecule has 34 heavy (non-hydrogen) atoms. The molecule has 0 aliphatic rings. The molecule has 0 radical (unpaired) electrons. The first kappa shape index (κ1) is 25.8. The highest BCUT2D eigenvalue weighted by Gasteiger charge is 2.22. The van der Waals surface area contributed by atoms with E-state index in [0.29, 0.717) is 15.7 Å². The Kier molecular flexibility index (Phi) is 7.75. The van der Waals surface area contributed by atoms with Crippen molar-refractivity contribution >= 4 is 51.0 Å². The van der Waals surface area contributed by atoms with Crippen molar-refractivity contribution < 1.29 is 13.2 Å². The van der Waals surface area contributed by atoms with Crippen LogP contribution < -0.4 is 9.73 Å². The van der Waals surface area contributed by atoms with Crippen molar-refractivity contribution in [3.8, 4) is 5.69 Å². The van der Waals surface area contributed by atoms with Crippen molar-refractivity contribution in [3.05, 3.63) is 80.6 Å². The molecule has 10 heteroatoms. The van der Waals surface area contributed by atoms with Crippen LogP contribution in [0.5, 0.6) is 0 Å². The molecular formula is C24H26Cl2N4O3S. The van der Waals surface area contributed by atoms with Gasteiger partial charge in [-0.15, -0.1) is 0 Å². The van der Waals surface area contributed by atoms with E-state index in [1.165, 1.54) is 6.21 Å². The molecule has 0 saturated carbocycles. The fourth-order valence-electron chi connectivity index (χ4n) is 3.66. The van der Waals surface area contributed by atoms with E-state index in [4.69, 9.17) is 23.2 Å². The third-order valence-electron chi connectivity index (χ3n) is 5.36. The smallest absolute Gasteiger partial charge is 0.260 e. The number of sulfonamides is 1. The topological polar surface area (TPSA) is 83.8 Å². The van der Waals surface area contributed by atoms with E-state index >= 15 is 0 Å². The first-order valence-electron chi connectivity index (χ1n) is 10.4. The molecule has 1 N–H and O–H groups in total. The zero-order valence-electron chi connectivity index (χ0n) is 19.6. The summed E-state index contributed by atoms with van der Waals surface area (Å²) in [5.74, 6) is -0.561. The van der Waals surface area contributed by atoms with Crippen molar-refractivity contribution in [2.24, 2.45) is 5.10 Å². The number of hydrogen-bond acceptors (Lipinski definition) is 4. The number of benzene rings is 2. The Hall–Kier alpha value is -2.81. The number of anilines is 1. The maximum Gasteiger partial charge on any atom is 0.260 e. The molecule has 3 aromatic rings. The normalized spacial score (nSPS) is 11.7. The van der Waals surface area contributed by atoms with Crippen LogP contribution in [0.3, 0.4) is 0 Å². The molecule has 1 heterocycles. The monoisotopic (exact) mass is 520 g/mol. The van der Waals surface area contributed by atoms with E-state index in [9.17, 15) is 13.2 Å². The van der Waals surface area contributed by atoms with Crippen LogP contribution in [0.2, 0.25) is 10.0 Å². The zero-order chi connectivity index (χ0) is 25.2. The van der Waals surface area contributed by atoms with Gasteiger partial charge < -0.3 is 4.57 Å². The highest BCUT2D eigenvalue weighted by Crippen LogP contribution is 2.31. The lowest BCUT2D eigenvalue weighted by atomic mass is 10.1. The van der Waals surface area contributed by atoms with Gasteiger partial charge in [-0.25, -0.2) is 13.8 Å². The van der Waals surface area contributed by atoms with Crippen LogP contribution in [0.15, 0.2) is 47.6 Å². The molecule has 7 nitrogen and oxygen atoms in total. The molecule has 0 bridgehead atoms. The van der Waals surface area contributed by atoms with Crippen LogP contribution in [0.1, 0.15) is 28.1 Å². The minimum Gasteiger partial charge on any atom is -0.316 e. The molecule has 0 spiro atoms. The number of amides is 1. The summed E-state index contributed by atoms with van der Waals surface area (Å²) in [6.07, 6.45) is 2.58.